The maximum Gasteiger partial charge on any atom is 0.348 e. The minimum Gasteiger partial charge on any atom is -0.333 e. The van der Waals surface area contributed by atoms with Gasteiger partial charge < -0.3 is 21.1 Å². The van der Waals surface area contributed by atoms with Crippen molar-refractivity contribution < 1.29 is 19.3 Å². The van der Waals surface area contributed by atoms with Gasteiger partial charge in [-0.3, -0.25) is 0 Å². The molecule has 0 fully saturated rings. The summed E-state index contributed by atoms with van der Waals surface area (Å²) in [6.07, 6.45) is 42.0. The van der Waals surface area contributed by atoms with Crippen molar-refractivity contribution in [3.8, 4) is 0 Å². The molecule has 0 aromatic rings. The van der Waals surface area contributed by atoms with Gasteiger partial charge in [0.1, 0.15) is 11.1 Å². The zero-order valence-corrected chi connectivity index (χ0v) is 38.9. The fourth-order valence-electron chi connectivity index (χ4n) is 7.40. The van der Waals surface area contributed by atoms with Crippen molar-refractivity contribution in [1.29, 1.82) is 0 Å². The van der Waals surface area contributed by atoms with Crippen LogP contribution in [0.25, 0.3) is 0 Å². The number of nitrogens with one attached hydrogen (secondary N) is 1. The summed E-state index contributed by atoms with van der Waals surface area (Å²) in [5, 5.41) is 0. The van der Waals surface area contributed by atoms with E-state index in [0.29, 0.717) is 25.7 Å². The number of nitrogens with two attached hydrogens (primary N) is 2. The second-order valence-corrected chi connectivity index (χ2v) is 19.7. The molecule has 7 nitrogen and oxygen atoms in total. The zero-order chi connectivity index (χ0) is 40.9. The van der Waals surface area contributed by atoms with Crippen molar-refractivity contribution >= 4 is 35.5 Å². The van der Waals surface area contributed by atoms with Crippen molar-refractivity contribution in [3.63, 3.8) is 0 Å². The molecule has 0 aromatic heterocycles. The number of hydrogen-bond donors (Lipinski definition) is 3. The number of unbranched alkanes of at least 4 members (excludes halogenated alkanes) is 24. The van der Waals surface area contributed by atoms with Crippen molar-refractivity contribution in [2.45, 2.75) is 244 Å². The minimum atomic E-state index is -1.12. The Morgan fingerprint density at radius 3 is 0.909 bits per heavy atom. The van der Waals surface area contributed by atoms with E-state index in [2.05, 4.69) is 33.3 Å². The molecule has 328 valence electrons. The lowest BCUT2D eigenvalue weighted by Crippen LogP contribution is -2.53. The van der Waals surface area contributed by atoms with Crippen LogP contribution in [0.5, 0.6) is 0 Å². The maximum absolute atomic E-state index is 13.2. The largest absolute Gasteiger partial charge is 0.348 e. The van der Waals surface area contributed by atoms with Gasteiger partial charge >= 0.3 is 11.9 Å². The van der Waals surface area contributed by atoms with E-state index in [9.17, 15) is 9.59 Å². The molecule has 9 heteroatoms. The Kier molecular flexibility index (Phi) is 37.4. The van der Waals surface area contributed by atoms with Gasteiger partial charge in [0.05, 0.1) is 0 Å². The third-order valence-electron chi connectivity index (χ3n) is 11.4. The van der Waals surface area contributed by atoms with Gasteiger partial charge in [0.2, 0.25) is 0 Å². The molecular formula is C46H93N3O4S2. The fraction of sp³-hybridized carbons (Fsp3) is 0.957. The molecule has 0 aliphatic rings. The molecule has 0 aliphatic carbocycles. The summed E-state index contributed by atoms with van der Waals surface area (Å²) in [5.74, 6) is 2.01. The van der Waals surface area contributed by atoms with Crippen molar-refractivity contribution in [1.82, 2.24) is 5.64 Å². The normalized spacial score (nSPS) is 14.0. The van der Waals surface area contributed by atoms with Gasteiger partial charge in [-0.05, 0) is 61.5 Å². The molecule has 5 N–H and O–H groups in total. The molecule has 2 unspecified atom stereocenters. The van der Waals surface area contributed by atoms with Gasteiger partial charge in [0, 0.05) is 5.64 Å². The molecule has 55 heavy (non-hydrogen) atoms. The summed E-state index contributed by atoms with van der Waals surface area (Å²) in [7, 11) is 0. The Morgan fingerprint density at radius 1 is 0.436 bits per heavy atom. The van der Waals surface area contributed by atoms with Gasteiger partial charge in [0.15, 0.2) is 0 Å². The van der Waals surface area contributed by atoms with E-state index in [1.54, 1.807) is 23.5 Å². The Hall–Kier alpha value is -0.480. The van der Waals surface area contributed by atoms with Crippen LogP contribution in [0.3, 0.4) is 0 Å². The quantitative estimate of drug-likeness (QED) is 0.0409. The molecule has 0 aromatic carbocycles. The molecule has 0 spiro atoms. The molecule has 0 rings (SSSR count). The first-order valence-electron chi connectivity index (χ1n) is 23.2. The Bertz CT molecular complexity index is 812. The monoisotopic (exact) mass is 816 g/mol. The Morgan fingerprint density at radius 2 is 0.673 bits per heavy atom. The van der Waals surface area contributed by atoms with Crippen LogP contribution in [0.4, 0.5) is 0 Å². The van der Waals surface area contributed by atoms with E-state index in [-0.39, 0.29) is 0 Å². The highest BCUT2D eigenvalue weighted by Crippen LogP contribution is 2.24. The standard InChI is InChI=1S/C46H93N3O4S2/c1-41(2)33-29-25-21-17-13-9-7-11-15-19-23-27-31-35-45(47,37-39-54-5)43(50)52-49-53-44(51)46(48,38-40-55-6)36-32-28-24-20-16-12-8-10-14-18-22-26-30-34-42(3)4/h41-42,49H,7-40,47-48H2,1-6H3. The zero-order valence-electron chi connectivity index (χ0n) is 37.3. The van der Waals surface area contributed by atoms with Crippen LogP contribution in [0, 0.1) is 11.8 Å². The molecule has 0 bridgehead atoms. The average Bonchev–Trinajstić information content (AvgIpc) is 3.15. The first-order valence-corrected chi connectivity index (χ1v) is 26.0. The fourth-order valence-corrected chi connectivity index (χ4v) is 8.54. The number of carbonyl (C=O) groups is 2. The van der Waals surface area contributed by atoms with Crippen LogP contribution in [-0.2, 0) is 19.3 Å². The molecule has 0 heterocycles. The lowest BCUT2D eigenvalue weighted by atomic mass is 9.90. The van der Waals surface area contributed by atoms with E-state index in [0.717, 1.165) is 61.9 Å². The van der Waals surface area contributed by atoms with Gasteiger partial charge in [-0.1, -0.05) is 207 Å². The lowest BCUT2D eigenvalue weighted by molar-refractivity contribution is -0.206. The van der Waals surface area contributed by atoms with Gasteiger partial charge in [-0.25, -0.2) is 9.59 Å². The van der Waals surface area contributed by atoms with Gasteiger partial charge in [-0.2, -0.15) is 23.5 Å². The molecule has 2 atom stereocenters. The van der Waals surface area contributed by atoms with Crippen LogP contribution < -0.4 is 17.1 Å². The van der Waals surface area contributed by atoms with E-state index < -0.39 is 23.0 Å². The van der Waals surface area contributed by atoms with E-state index >= 15 is 0 Å². The SMILES string of the molecule is CSCCC(N)(CCCCCCCCCCCCCCCC(C)C)C(=O)ONOC(=O)C(N)(CCCCCCCCCCCCCCCC(C)C)CCSC. The summed E-state index contributed by atoms with van der Waals surface area (Å²) >= 11 is 3.32. The molecule has 0 amide bonds. The van der Waals surface area contributed by atoms with E-state index in [1.807, 2.05) is 12.5 Å². The van der Waals surface area contributed by atoms with Crippen LogP contribution >= 0.6 is 23.5 Å². The highest BCUT2D eigenvalue weighted by Gasteiger charge is 2.38. The highest BCUT2D eigenvalue weighted by atomic mass is 32.2. The van der Waals surface area contributed by atoms with Crippen LogP contribution in [0.15, 0.2) is 0 Å². The van der Waals surface area contributed by atoms with E-state index in [4.69, 9.17) is 21.1 Å². The number of carbonyl (C=O) groups excluding carboxylic acids is 2. The number of thioether (sulfide) groups is 2. The molecule has 0 saturated carbocycles. The number of rotatable bonds is 42. The Labute approximate surface area is 350 Å². The summed E-state index contributed by atoms with van der Waals surface area (Å²) in [5.41, 5.74) is 13.2. The maximum atomic E-state index is 13.2. The summed E-state index contributed by atoms with van der Waals surface area (Å²) in [4.78, 5) is 36.8. The van der Waals surface area contributed by atoms with Crippen LogP contribution in [-0.4, -0.2) is 47.0 Å². The van der Waals surface area contributed by atoms with Crippen LogP contribution in [0.2, 0.25) is 0 Å². The van der Waals surface area contributed by atoms with Crippen LogP contribution in [0.1, 0.15) is 233 Å². The van der Waals surface area contributed by atoms with Gasteiger partial charge in [0.25, 0.3) is 0 Å². The minimum absolute atomic E-state index is 0.508. The second kappa shape index (κ2) is 37.8. The lowest BCUT2D eigenvalue weighted by Gasteiger charge is -2.28. The summed E-state index contributed by atoms with van der Waals surface area (Å²) in [6, 6.07) is 0. The summed E-state index contributed by atoms with van der Waals surface area (Å²) < 4.78 is 0. The van der Waals surface area contributed by atoms with E-state index in [1.165, 1.54) is 141 Å². The predicted molar refractivity (Wildman–Crippen MR) is 243 cm³/mol. The third kappa shape index (κ3) is 33.1. The first-order chi connectivity index (χ1) is 26.5. The second-order valence-electron chi connectivity index (χ2n) is 17.7. The summed E-state index contributed by atoms with van der Waals surface area (Å²) in [6.45, 7) is 9.26. The first kappa shape index (κ1) is 54.5. The molecular weight excluding hydrogens is 723 g/mol. The van der Waals surface area contributed by atoms with Gasteiger partial charge in [-0.15, -0.1) is 0 Å². The smallest absolute Gasteiger partial charge is 0.333 e. The topological polar surface area (TPSA) is 117 Å². The molecule has 0 radical (unpaired) electrons. The predicted octanol–water partition coefficient (Wildman–Crippen LogP) is 13.4. The molecule has 0 aliphatic heterocycles. The third-order valence-corrected chi connectivity index (χ3v) is 12.6. The number of hydrogen-bond acceptors (Lipinski definition) is 9. The Balaban J connectivity index is 4.30. The van der Waals surface area contributed by atoms with Crippen molar-refractivity contribution in [2.24, 2.45) is 23.3 Å². The van der Waals surface area contributed by atoms with Crippen molar-refractivity contribution in [2.75, 3.05) is 24.0 Å². The molecule has 0 saturated heterocycles. The highest BCUT2D eigenvalue weighted by molar-refractivity contribution is 7.98. The van der Waals surface area contributed by atoms with Crippen molar-refractivity contribution in [3.05, 3.63) is 0 Å². The average molecular weight is 816 g/mol.